The minimum absolute atomic E-state index is 0.0134. The van der Waals surface area contributed by atoms with E-state index in [1.54, 1.807) is 12.1 Å². The number of aliphatic hydroxyl groups is 1. The zero-order chi connectivity index (χ0) is 27.7. The predicted molar refractivity (Wildman–Crippen MR) is 144 cm³/mol. The molecule has 2 aliphatic rings. The van der Waals surface area contributed by atoms with Crippen molar-refractivity contribution in [2.24, 2.45) is 0 Å². The fourth-order valence-corrected chi connectivity index (χ4v) is 6.07. The summed E-state index contributed by atoms with van der Waals surface area (Å²) >= 11 is 0. The van der Waals surface area contributed by atoms with Gasteiger partial charge in [0.2, 0.25) is 0 Å². The van der Waals surface area contributed by atoms with E-state index in [0.717, 1.165) is 42.1 Å². The number of hydrogen-bond acceptors (Lipinski definition) is 8. The molecule has 2 N–H and O–H groups in total. The highest BCUT2D eigenvalue weighted by molar-refractivity contribution is 7.89. The summed E-state index contributed by atoms with van der Waals surface area (Å²) in [5, 5.41) is 14.1. The van der Waals surface area contributed by atoms with E-state index >= 15 is 0 Å². The molecule has 0 radical (unpaired) electrons. The van der Waals surface area contributed by atoms with Crippen LogP contribution in [-0.2, 0) is 30.8 Å². The molecule has 1 heterocycles. The average Bonchev–Trinajstić information content (AvgIpc) is 3.46. The van der Waals surface area contributed by atoms with Gasteiger partial charge < -0.3 is 24.6 Å². The Labute approximate surface area is 230 Å². The summed E-state index contributed by atoms with van der Waals surface area (Å²) < 4.78 is 44.2. The van der Waals surface area contributed by atoms with E-state index in [-0.39, 0.29) is 30.1 Å². The maximum Gasteiger partial charge on any atom is 0.407 e. The fourth-order valence-electron chi connectivity index (χ4n) is 4.77. The first-order chi connectivity index (χ1) is 18.8. The molecule has 0 bridgehead atoms. The van der Waals surface area contributed by atoms with Crippen molar-refractivity contribution in [2.45, 2.75) is 74.2 Å². The van der Waals surface area contributed by atoms with Crippen LogP contribution in [0.5, 0.6) is 5.75 Å². The Morgan fingerprint density at radius 3 is 2.41 bits per heavy atom. The van der Waals surface area contributed by atoms with Crippen LogP contribution in [0.2, 0.25) is 0 Å². The Morgan fingerprint density at radius 1 is 1.05 bits per heavy atom. The first kappa shape index (κ1) is 29.3. The van der Waals surface area contributed by atoms with Gasteiger partial charge in [0, 0.05) is 6.42 Å². The normalized spacial score (nSPS) is 19.9. The van der Waals surface area contributed by atoms with Gasteiger partial charge in [-0.1, -0.05) is 54.1 Å². The standard InChI is InChI=1S/C28H38N2O8S/c1-35-22-12-14-25(15-13-22)39(33,34)30(38-23-10-6-3-7-11-23)19-27(31)26(18-21-8-4-2-5-9-21)29-28(32)37-24-16-17-36-20-24/h2,4-5,8-9,12-15,23-24,26-27,31H,3,6-7,10-11,16-20H2,1H3,(H,29,32). The van der Waals surface area contributed by atoms with Crippen molar-refractivity contribution in [3.8, 4) is 5.75 Å². The number of amides is 1. The molecule has 3 unspecified atom stereocenters. The number of nitrogens with zero attached hydrogens (tertiary/aromatic N) is 1. The highest BCUT2D eigenvalue weighted by atomic mass is 32.2. The molecule has 4 rings (SSSR count). The summed E-state index contributed by atoms with van der Waals surface area (Å²) in [5.41, 5.74) is 0.865. The first-order valence-corrected chi connectivity index (χ1v) is 14.9. The molecule has 1 amide bonds. The number of benzene rings is 2. The number of carbonyl (C=O) groups excluding carboxylic acids is 1. The van der Waals surface area contributed by atoms with Crippen molar-refractivity contribution in [3.05, 3.63) is 60.2 Å². The summed E-state index contributed by atoms with van der Waals surface area (Å²) in [6.45, 7) is 0.461. The third-order valence-electron chi connectivity index (χ3n) is 7.01. The van der Waals surface area contributed by atoms with Crippen LogP contribution in [0, 0.1) is 0 Å². The maximum atomic E-state index is 13.7. The van der Waals surface area contributed by atoms with Crippen LogP contribution in [0.15, 0.2) is 59.5 Å². The third kappa shape index (κ3) is 8.39. The van der Waals surface area contributed by atoms with Crippen LogP contribution >= 0.6 is 0 Å². The van der Waals surface area contributed by atoms with Gasteiger partial charge in [0.1, 0.15) is 11.9 Å². The van der Waals surface area contributed by atoms with Crippen LogP contribution in [0.25, 0.3) is 0 Å². The van der Waals surface area contributed by atoms with Gasteiger partial charge in [0.05, 0.1) is 50.0 Å². The van der Waals surface area contributed by atoms with Gasteiger partial charge in [-0.15, -0.1) is 0 Å². The molecule has 1 aliphatic heterocycles. The molecule has 10 nitrogen and oxygen atoms in total. The van der Waals surface area contributed by atoms with Gasteiger partial charge in [-0.2, -0.15) is 0 Å². The van der Waals surface area contributed by atoms with E-state index in [2.05, 4.69) is 5.32 Å². The maximum absolute atomic E-state index is 13.7. The van der Waals surface area contributed by atoms with Crippen LogP contribution in [-0.4, -0.2) is 75.3 Å². The summed E-state index contributed by atoms with van der Waals surface area (Å²) in [6, 6.07) is 14.5. The van der Waals surface area contributed by atoms with Crippen molar-refractivity contribution >= 4 is 16.1 Å². The second kappa shape index (κ2) is 14.1. The molecular weight excluding hydrogens is 524 g/mol. The molecular formula is C28H38N2O8S. The molecule has 2 aromatic rings. The van der Waals surface area contributed by atoms with Crippen LogP contribution in [0.4, 0.5) is 4.79 Å². The first-order valence-electron chi connectivity index (χ1n) is 13.5. The van der Waals surface area contributed by atoms with E-state index in [1.807, 2.05) is 30.3 Å². The summed E-state index contributed by atoms with van der Waals surface area (Å²) in [6.07, 6.45) is 2.64. The Hall–Kier alpha value is -2.70. The van der Waals surface area contributed by atoms with Gasteiger partial charge in [-0.3, -0.25) is 4.84 Å². The van der Waals surface area contributed by atoms with Crippen LogP contribution in [0.3, 0.4) is 0 Å². The third-order valence-corrected chi connectivity index (χ3v) is 8.65. The number of ether oxygens (including phenoxy) is 3. The molecule has 2 fully saturated rings. The number of methoxy groups -OCH3 is 1. The number of nitrogens with one attached hydrogen (secondary N) is 1. The lowest BCUT2D eigenvalue weighted by Crippen LogP contribution is -2.51. The van der Waals surface area contributed by atoms with Gasteiger partial charge in [0.15, 0.2) is 0 Å². The molecule has 0 spiro atoms. The second-order valence-corrected chi connectivity index (χ2v) is 11.8. The number of rotatable bonds is 12. The van der Waals surface area contributed by atoms with E-state index in [1.165, 1.54) is 19.2 Å². The van der Waals surface area contributed by atoms with Gasteiger partial charge >= 0.3 is 6.09 Å². The topological polar surface area (TPSA) is 124 Å². The Bertz CT molecular complexity index is 1130. The molecule has 214 valence electrons. The second-order valence-electron chi connectivity index (χ2n) is 9.93. The zero-order valence-electron chi connectivity index (χ0n) is 22.2. The monoisotopic (exact) mass is 562 g/mol. The summed E-state index contributed by atoms with van der Waals surface area (Å²) in [7, 11) is -2.64. The lowest BCUT2D eigenvalue weighted by atomic mass is 9.98. The molecule has 1 saturated carbocycles. The van der Waals surface area contributed by atoms with Gasteiger partial charge in [-0.25, -0.2) is 13.2 Å². The number of aliphatic hydroxyl groups excluding tert-OH is 1. The highest BCUT2D eigenvalue weighted by Crippen LogP contribution is 2.26. The number of sulfonamides is 1. The van der Waals surface area contributed by atoms with E-state index in [9.17, 15) is 18.3 Å². The largest absolute Gasteiger partial charge is 0.497 e. The highest BCUT2D eigenvalue weighted by Gasteiger charge is 2.34. The van der Waals surface area contributed by atoms with E-state index in [4.69, 9.17) is 19.0 Å². The lowest BCUT2D eigenvalue weighted by molar-refractivity contribution is -0.156. The minimum Gasteiger partial charge on any atom is -0.497 e. The van der Waals surface area contributed by atoms with Crippen LogP contribution < -0.4 is 10.1 Å². The minimum atomic E-state index is -4.14. The van der Waals surface area contributed by atoms with Crippen molar-refractivity contribution < 1.29 is 37.4 Å². The number of hydroxylamine groups is 1. The SMILES string of the molecule is COc1ccc(S(=O)(=O)N(CC(O)C(Cc2ccccc2)NC(=O)OC2CCOC2)OC2CCCCC2)cc1. The predicted octanol–water partition coefficient (Wildman–Crippen LogP) is 3.44. The van der Waals surface area contributed by atoms with Crippen molar-refractivity contribution in [1.82, 2.24) is 9.79 Å². The molecule has 1 aliphatic carbocycles. The van der Waals surface area contributed by atoms with Gasteiger partial charge in [0.25, 0.3) is 10.0 Å². The summed E-state index contributed by atoms with van der Waals surface area (Å²) in [4.78, 5) is 18.8. The average molecular weight is 563 g/mol. The van der Waals surface area contributed by atoms with E-state index in [0.29, 0.717) is 25.4 Å². The molecule has 11 heteroatoms. The van der Waals surface area contributed by atoms with Crippen molar-refractivity contribution in [2.75, 3.05) is 26.9 Å². The Morgan fingerprint density at radius 2 is 1.77 bits per heavy atom. The van der Waals surface area contributed by atoms with Crippen molar-refractivity contribution in [3.63, 3.8) is 0 Å². The van der Waals surface area contributed by atoms with Gasteiger partial charge in [-0.05, 0) is 49.1 Å². The molecule has 39 heavy (non-hydrogen) atoms. The number of hydrogen-bond donors (Lipinski definition) is 2. The molecule has 0 aromatic heterocycles. The smallest absolute Gasteiger partial charge is 0.407 e. The Kier molecular flexibility index (Phi) is 10.6. The zero-order valence-corrected chi connectivity index (χ0v) is 23.1. The molecule has 2 aromatic carbocycles. The number of carbonyl (C=O) groups is 1. The molecule has 3 atom stereocenters. The van der Waals surface area contributed by atoms with Crippen LogP contribution in [0.1, 0.15) is 44.1 Å². The number of alkyl carbamates (subject to hydrolysis) is 1. The molecule has 1 saturated heterocycles. The summed E-state index contributed by atoms with van der Waals surface area (Å²) in [5.74, 6) is 0.520. The lowest BCUT2D eigenvalue weighted by Gasteiger charge is -2.32. The fraction of sp³-hybridized carbons (Fsp3) is 0.536. The van der Waals surface area contributed by atoms with E-state index < -0.39 is 28.3 Å². The Balaban J connectivity index is 1.55. The quantitative estimate of drug-likeness (QED) is 0.377. The van der Waals surface area contributed by atoms with Crippen molar-refractivity contribution in [1.29, 1.82) is 0 Å².